The van der Waals surface area contributed by atoms with Crippen molar-refractivity contribution in [1.29, 1.82) is 0 Å². The predicted molar refractivity (Wildman–Crippen MR) is 70.8 cm³/mol. The quantitative estimate of drug-likeness (QED) is 0.911. The van der Waals surface area contributed by atoms with Crippen molar-refractivity contribution in [3.63, 3.8) is 0 Å². The fourth-order valence-corrected chi connectivity index (χ4v) is 3.11. The summed E-state index contributed by atoms with van der Waals surface area (Å²) in [5.74, 6) is -0.721. The van der Waals surface area contributed by atoms with Gasteiger partial charge in [-0.15, -0.1) is 0 Å². The second-order valence-electron chi connectivity index (χ2n) is 5.64. The molecule has 106 valence electrons. The van der Waals surface area contributed by atoms with Crippen LogP contribution in [0.2, 0.25) is 0 Å². The third-order valence-corrected chi connectivity index (χ3v) is 4.03. The van der Waals surface area contributed by atoms with Crippen molar-refractivity contribution in [2.75, 3.05) is 14.1 Å². The second-order valence-corrected chi connectivity index (χ2v) is 5.64. The van der Waals surface area contributed by atoms with Crippen LogP contribution in [0.3, 0.4) is 0 Å². The summed E-state index contributed by atoms with van der Waals surface area (Å²) >= 11 is 0. The van der Waals surface area contributed by atoms with Crippen LogP contribution in [0.5, 0.6) is 0 Å². The molecule has 0 bridgehead atoms. The summed E-state index contributed by atoms with van der Waals surface area (Å²) in [5.41, 5.74) is 0.549. The fourth-order valence-electron chi connectivity index (χ4n) is 3.11. The van der Waals surface area contributed by atoms with Crippen LogP contribution in [0.25, 0.3) is 0 Å². The summed E-state index contributed by atoms with van der Waals surface area (Å²) in [4.78, 5) is 1.98. The maximum absolute atomic E-state index is 14.0. The zero-order chi connectivity index (χ0) is 14.0. The van der Waals surface area contributed by atoms with Crippen LogP contribution in [0.15, 0.2) is 18.2 Å². The highest BCUT2D eigenvalue weighted by molar-refractivity contribution is 5.23. The van der Waals surface area contributed by atoms with E-state index in [1.165, 1.54) is 6.07 Å². The first-order valence-electron chi connectivity index (χ1n) is 6.78. The van der Waals surface area contributed by atoms with Gasteiger partial charge in [0, 0.05) is 17.7 Å². The topological polar surface area (TPSA) is 23.5 Å². The monoisotopic (exact) mass is 269 g/mol. The summed E-state index contributed by atoms with van der Waals surface area (Å²) < 4.78 is 27.0. The Hall–Kier alpha value is -1.00. The summed E-state index contributed by atoms with van der Waals surface area (Å²) in [6.07, 6.45) is 3.05. The SMILES string of the molecule is CN(C)C(c1ccc(F)cc1F)C1CCC(O)CC1. The Morgan fingerprint density at radius 3 is 2.32 bits per heavy atom. The van der Waals surface area contributed by atoms with E-state index < -0.39 is 11.6 Å². The molecule has 1 aliphatic carbocycles. The Balaban J connectivity index is 2.24. The van der Waals surface area contributed by atoms with E-state index in [2.05, 4.69) is 0 Å². The molecule has 0 spiro atoms. The Bertz CT molecular complexity index is 428. The Morgan fingerprint density at radius 2 is 1.79 bits per heavy atom. The van der Waals surface area contributed by atoms with Crippen molar-refractivity contribution < 1.29 is 13.9 Å². The maximum Gasteiger partial charge on any atom is 0.130 e. The first-order valence-corrected chi connectivity index (χ1v) is 6.78. The van der Waals surface area contributed by atoms with Crippen LogP contribution >= 0.6 is 0 Å². The van der Waals surface area contributed by atoms with Crippen LogP contribution in [-0.4, -0.2) is 30.2 Å². The summed E-state index contributed by atoms with van der Waals surface area (Å²) in [5, 5.41) is 9.57. The van der Waals surface area contributed by atoms with Gasteiger partial charge in [0.05, 0.1) is 6.10 Å². The smallest absolute Gasteiger partial charge is 0.130 e. The fraction of sp³-hybridized carbons (Fsp3) is 0.600. The lowest BCUT2D eigenvalue weighted by Crippen LogP contribution is -2.32. The van der Waals surface area contributed by atoms with Gasteiger partial charge in [-0.2, -0.15) is 0 Å². The van der Waals surface area contributed by atoms with Crippen molar-refractivity contribution in [3.8, 4) is 0 Å². The van der Waals surface area contributed by atoms with E-state index in [0.717, 1.165) is 31.7 Å². The van der Waals surface area contributed by atoms with Gasteiger partial charge in [-0.05, 0) is 51.8 Å². The van der Waals surface area contributed by atoms with Gasteiger partial charge in [-0.1, -0.05) is 6.07 Å². The van der Waals surface area contributed by atoms with Gasteiger partial charge in [-0.25, -0.2) is 8.78 Å². The largest absolute Gasteiger partial charge is 0.393 e. The predicted octanol–water partition coefficient (Wildman–Crippen LogP) is 3.12. The molecule has 1 aromatic carbocycles. The van der Waals surface area contributed by atoms with Crippen molar-refractivity contribution in [2.24, 2.45) is 5.92 Å². The van der Waals surface area contributed by atoms with Crippen molar-refractivity contribution in [2.45, 2.75) is 37.8 Å². The van der Waals surface area contributed by atoms with Gasteiger partial charge in [0.25, 0.3) is 0 Å². The molecule has 0 amide bonds. The highest BCUT2D eigenvalue weighted by Crippen LogP contribution is 2.38. The lowest BCUT2D eigenvalue weighted by Gasteiger charge is -2.36. The average Bonchev–Trinajstić information content (AvgIpc) is 2.34. The lowest BCUT2D eigenvalue weighted by molar-refractivity contribution is 0.0769. The van der Waals surface area contributed by atoms with E-state index in [1.807, 2.05) is 19.0 Å². The number of hydrogen-bond donors (Lipinski definition) is 1. The van der Waals surface area contributed by atoms with Gasteiger partial charge in [0.15, 0.2) is 0 Å². The number of halogens is 2. The molecule has 19 heavy (non-hydrogen) atoms. The molecule has 2 nitrogen and oxygen atoms in total. The third kappa shape index (κ3) is 3.31. The summed E-state index contributed by atoms with van der Waals surface area (Å²) in [7, 11) is 3.83. The minimum absolute atomic E-state index is 0.0619. The van der Waals surface area contributed by atoms with Gasteiger partial charge < -0.3 is 10.0 Å². The molecule has 0 heterocycles. The van der Waals surface area contributed by atoms with Gasteiger partial charge >= 0.3 is 0 Å². The van der Waals surface area contributed by atoms with Crippen molar-refractivity contribution in [1.82, 2.24) is 4.90 Å². The number of hydrogen-bond acceptors (Lipinski definition) is 2. The minimum Gasteiger partial charge on any atom is -0.393 e. The van der Waals surface area contributed by atoms with Crippen LogP contribution in [0.4, 0.5) is 8.78 Å². The standard InChI is InChI=1S/C15H21F2NO/c1-18(2)15(10-3-6-12(19)7-4-10)13-8-5-11(16)9-14(13)17/h5,8-10,12,15,19H,3-4,6-7H2,1-2H3. The zero-order valence-electron chi connectivity index (χ0n) is 11.4. The molecular weight excluding hydrogens is 248 g/mol. The van der Waals surface area contributed by atoms with E-state index >= 15 is 0 Å². The van der Waals surface area contributed by atoms with Crippen LogP contribution < -0.4 is 0 Å². The first-order chi connectivity index (χ1) is 8.99. The molecule has 0 aromatic heterocycles. The zero-order valence-corrected chi connectivity index (χ0v) is 11.4. The molecule has 2 rings (SSSR count). The number of benzene rings is 1. The van der Waals surface area contributed by atoms with E-state index in [1.54, 1.807) is 6.07 Å². The van der Waals surface area contributed by atoms with E-state index in [4.69, 9.17) is 0 Å². The maximum atomic E-state index is 14.0. The van der Waals surface area contributed by atoms with Crippen LogP contribution in [0.1, 0.15) is 37.3 Å². The van der Waals surface area contributed by atoms with E-state index in [0.29, 0.717) is 11.5 Å². The summed E-state index contributed by atoms with van der Waals surface area (Å²) in [6.45, 7) is 0. The van der Waals surface area contributed by atoms with Crippen molar-refractivity contribution in [3.05, 3.63) is 35.4 Å². The molecule has 0 aliphatic heterocycles. The normalized spacial score (nSPS) is 25.6. The lowest BCUT2D eigenvalue weighted by atomic mass is 9.79. The van der Waals surface area contributed by atoms with Gasteiger partial charge in [0.2, 0.25) is 0 Å². The number of nitrogens with zero attached hydrogens (tertiary/aromatic N) is 1. The van der Waals surface area contributed by atoms with Crippen LogP contribution in [-0.2, 0) is 0 Å². The molecule has 1 fully saturated rings. The average molecular weight is 269 g/mol. The number of aliphatic hydroxyl groups excluding tert-OH is 1. The second kappa shape index (κ2) is 5.97. The molecule has 0 radical (unpaired) electrons. The Labute approximate surface area is 113 Å². The summed E-state index contributed by atoms with van der Waals surface area (Å²) in [6, 6.07) is 3.74. The first kappa shape index (κ1) is 14.4. The molecule has 1 unspecified atom stereocenters. The molecular formula is C15H21F2NO. The number of aliphatic hydroxyl groups is 1. The molecule has 1 atom stereocenters. The van der Waals surface area contributed by atoms with E-state index in [-0.39, 0.29) is 12.1 Å². The van der Waals surface area contributed by atoms with Gasteiger partial charge in [-0.3, -0.25) is 0 Å². The van der Waals surface area contributed by atoms with E-state index in [9.17, 15) is 13.9 Å². The van der Waals surface area contributed by atoms with Crippen LogP contribution in [0, 0.1) is 17.6 Å². The Morgan fingerprint density at radius 1 is 1.16 bits per heavy atom. The molecule has 1 aromatic rings. The molecule has 1 aliphatic rings. The third-order valence-electron chi connectivity index (χ3n) is 4.03. The Kier molecular flexibility index (Phi) is 4.53. The van der Waals surface area contributed by atoms with Gasteiger partial charge in [0.1, 0.15) is 11.6 Å². The molecule has 1 N–H and O–H groups in total. The molecule has 4 heteroatoms. The molecule has 1 saturated carbocycles. The highest BCUT2D eigenvalue weighted by atomic mass is 19.1. The number of rotatable bonds is 3. The minimum atomic E-state index is -0.544. The highest BCUT2D eigenvalue weighted by Gasteiger charge is 2.30. The molecule has 0 saturated heterocycles. The van der Waals surface area contributed by atoms with Crippen molar-refractivity contribution >= 4 is 0 Å².